The minimum Gasteiger partial charge on any atom is -0.508 e. The Hall–Kier alpha value is -2.04. The molecule has 0 radical (unpaired) electrons. The summed E-state index contributed by atoms with van der Waals surface area (Å²) in [4.78, 5) is 22.9. The molecule has 5 nitrogen and oxygen atoms in total. The maximum Gasteiger partial charge on any atom is 0.251 e. The normalized spacial score (nSPS) is 10.1. The lowest BCUT2D eigenvalue weighted by atomic mass is 10.2. The first kappa shape index (κ1) is 13.0. The van der Waals surface area contributed by atoms with E-state index in [1.165, 1.54) is 24.3 Å². The second-order valence-corrected chi connectivity index (χ2v) is 3.95. The summed E-state index contributed by atoms with van der Waals surface area (Å²) in [6.45, 7) is 3.64. The largest absolute Gasteiger partial charge is 0.508 e. The lowest BCUT2D eigenvalue weighted by molar-refractivity contribution is -0.120. The van der Waals surface area contributed by atoms with Crippen molar-refractivity contribution < 1.29 is 14.7 Å². The number of phenols is 1. The van der Waals surface area contributed by atoms with Gasteiger partial charge in [-0.3, -0.25) is 9.59 Å². The van der Waals surface area contributed by atoms with Crippen LogP contribution in [0.25, 0.3) is 0 Å². The summed E-state index contributed by atoms with van der Waals surface area (Å²) in [6, 6.07) is 5.87. The molecule has 0 atom stereocenters. The van der Waals surface area contributed by atoms with Crippen LogP contribution < -0.4 is 10.6 Å². The molecule has 1 aromatic rings. The van der Waals surface area contributed by atoms with Crippen molar-refractivity contribution in [1.29, 1.82) is 0 Å². The van der Waals surface area contributed by atoms with Crippen LogP contribution in [0.1, 0.15) is 24.2 Å². The van der Waals surface area contributed by atoms with Crippen molar-refractivity contribution in [2.24, 2.45) is 0 Å². The number of aromatic hydroxyl groups is 1. The fourth-order valence-electron chi connectivity index (χ4n) is 1.25. The summed E-state index contributed by atoms with van der Waals surface area (Å²) in [5, 5.41) is 14.2. The minimum absolute atomic E-state index is 0.0491. The third-order valence-electron chi connectivity index (χ3n) is 1.99. The van der Waals surface area contributed by atoms with Crippen molar-refractivity contribution in [2.75, 3.05) is 6.54 Å². The maximum absolute atomic E-state index is 11.6. The van der Waals surface area contributed by atoms with Crippen LogP contribution in [0.2, 0.25) is 0 Å². The molecule has 17 heavy (non-hydrogen) atoms. The second kappa shape index (κ2) is 5.89. The van der Waals surface area contributed by atoms with E-state index in [0.717, 1.165) is 0 Å². The van der Waals surface area contributed by atoms with Gasteiger partial charge in [0.05, 0.1) is 6.54 Å². The Balaban J connectivity index is 2.45. The van der Waals surface area contributed by atoms with Gasteiger partial charge < -0.3 is 15.7 Å². The number of benzene rings is 1. The van der Waals surface area contributed by atoms with Gasteiger partial charge >= 0.3 is 0 Å². The molecule has 1 rings (SSSR count). The predicted octanol–water partition coefficient (Wildman–Crippen LogP) is 0.647. The highest BCUT2D eigenvalue weighted by Gasteiger charge is 2.08. The molecule has 3 N–H and O–H groups in total. The zero-order valence-electron chi connectivity index (χ0n) is 9.86. The van der Waals surface area contributed by atoms with E-state index >= 15 is 0 Å². The molecule has 5 heteroatoms. The van der Waals surface area contributed by atoms with Crippen LogP contribution in [0.5, 0.6) is 5.75 Å². The van der Waals surface area contributed by atoms with E-state index in [1.54, 1.807) is 0 Å². The van der Waals surface area contributed by atoms with E-state index in [-0.39, 0.29) is 30.2 Å². The third kappa shape index (κ3) is 4.55. The van der Waals surface area contributed by atoms with Crippen LogP contribution >= 0.6 is 0 Å². The van der Waals surface area contributed by atoms with Gasteiger partial charge in [0.2, 0.25) is 5.91 Å². The molecule has 0 aliphatic heterocycles. The Morgan fingerprint density at radius 2 is 1.82 bits per heavy atom. The molecule has 0 saturated carbocycles. The number of rotatable bonds is 4. The smallest absolute Gasteiger partial charge is 0.251 e. The van der Waals surface area contributed by atoms with E-state index in [0.29, 0.717) is 5.56 Å². The standard InChI is InChI=1S/C12H16N2O3/c1-8(2)14-11(16)7-13-12(17)9-3-5-10(15)6-4-9/h3-6,8,15H,7H2,1-2H3,(H,13,17)(H,14,16). The van der Waals surface area contributed by atoms with Crippen molar-refractivity contribution in [3.05, 3.63) is 29.8 Å². The Morgan fingerprint density at radius 1 is 1.24 bits per heavy atom. The van der Waals surface area contributed by atoms with Crippen LogP contribution in [0.3, 0.4) is 0 Å². The lowest BCUT2D eigenvalue weighted by Gasteiger charge is -2.09. The van der Waals surface area contributed by atoms with Gasteiger partial charge in [0.25, 0.3) is 5.91 Å². The third-order valence-corrected chi connectivity index (χ3v) is 1.99. The van der Waals surface area contributed by atoms with Gasteiger partial charge in [-0.05, 0) is 38.1 Å². The molecule has 0 spiro atoms. The average molecular weight is 236 g/mol. The van der Waals surface area contributed by atoms with Crippen LogP contribution in [-0.4, -0.2) is 29.5 Å². The van der Waals surface area contributed by atoms with Crippen molar-refractivity contribution in [2.45, 2.75) is 19.9 Å². The molecule has 0 aliphatic rings. The quantitative estimate of drug-likeness (QED) is 0.718. The van der Waals surface area contributed by atoms with Crippen molar-refractivity contribution in [3.8, 4) is 5.75 Å². The van der Waals surface area contributed by atoms with Gasteiger partial charge in [-0.15, -0.1) is 0 Å². The molecule has 0 saturated heterocycles. The Bertz CT molecular complexity index is 399. The molecule has 0 bridgehead atoms. The van der Waals surface area contributed by atoms with Crippen LogP contribution in [-0.2, 0) is 4.79 Å². The summed E-state index contributed by atoms with van der Waals surface area (Å²) in [6.07, 6.45) is 0. The van der Waals surface area contributed by atoms with E-state index in [9.17, 15) is 9.59 Å². The summed E-state index contributed by atoms with van der Waals surface area (Å²) in [5.41, 5.74) is 0.403. The topological polar surface area (TPSA) is 78.4 Å². The van der Waals surface area contributed by atoms with Crippen molar-refractivity contribution in [1.82, 2.24) is 10.6 Å². The fourth-order valence-corrected chi connectivity index (χ4v) is 1.25. The molecular formula is C12H16N2O3. The van der Waals surface area contributed by atoms with Crippen LogP contribution in [0, 0.1) is 0 Å². The van der Waals surface area contributed by atoms with Crippen LogP contribution in [0.15, 0.2) is 24.3 Å². The number of hydrogen-bond donors (Lipinski definition) is 3. The Kier molecular flexibility index (Phi) is 4.51. The maximum atomic E-state index is 11.6. The van der Waals surface area contributed by atoms with Gasteiger partial charge in [-0.2, -0.15) is 0 Å². The summed E-state index contributed by atoms with van der Waals surface area (Å²) in [7, 11) is 0. The summed E-state index contributed by atoms with van der Waals surface area (Å²) in [5.74, 6) is -0.477. The van der Waals surface area contributed by atoms with Crippen molar-refractivity contribution in [3.63, 3.8) is 0 Å². The number of carbonyl (C=O) groups excluding carboxylic acids is 2. The van der Waals surface area contributed by atoms with Gasteiger partial charge in [-0.25, -0.2) is 0 Å². The number of amides is 2. The predicted molar refractivity (Wildman–Crippen MR) is 63.7 cm³/mol. The number of carbonyl (C=O) groups is 2. The van der Waals surface area contributed by atoms with Gasteiger partial charge in [-0.1, -0.05) is 0 Å². The molecule has 0 fully saturated rings. The lowest BCUT2D eigenvalue weighted by Crippen LogP contribution is -2.39. The highest BCUT2D eigenvalue weighted by molar-refractivity contribution is 5.96. The number of hydrogen-bond acceptors (Lipinski definition) is 3. The first-order valence-electron chi connectivity index (χ1n) is 5.35. The summed E-state index contributed by atoms with van der Waals surface area (Å²) < 4.78 is 0. The zero-order chi connectivity index (χ0) is 12.8. The number of phenolic OH excluding ortho intramolecular Hbond substituents is 1. The molecule has 2 amide bonds. The van der Waals surface area contributed by atoms with Gasteiger partial charge in [0, 0.05) is 11.6 Å². The first-order valence-corrected chi connectivity index (χ1v) is 5.35. The van der Waals surface area contributed by atoms with E-state index in [1.807, 2.05) is 13.8 Å². The molecule has 92 valence electrons. The summed E-state index contributed by atoms with van der Waals surface area (Å²) >= 11 is 0. The monoisotopic (exact) mass is 236 g/mol. The van der Waals surface area contributed by atoms with Gasteiger partial charge in [0.1, 0.15) is 5.75 Å². The minimum atomic E-state index is -0.344. The molecule has 0 aliphatic carbocycles. The van der Waals surface area contributed by atoms with Crippen molar-refractivity contribution >= 4 is 11.8 Å². The van der Waals surface area contributed by atoms with E-state index < -0.39 is 0 Å². The highest BCUT2D eigenvalue weighted by atomic mass is 16.3. The molecule has 0 unspecified atom stereocenters. The Labute approximate surface area is 99.8 Å². The zero-order valence-corrected chi connectivity index (χ0v) is 9.86. The first-order chi connectivity index (χ1) is 7.99. The van der Waals surface area contributed by atoms with E-state index in [4.69, 9.17) is 5.11 Å². The van der Waals surface area contributed by atoms with E-state index in [2.05, 4.69) is 10.6 Å². The fraction of sp³-hybridized carbons (Fsp3) is 0.333. The molecular weight excluding hydrogens is 220 g/mol. The molecule has 0 heterocycles. The molecule has 0 aromatic heterocycles. The molecule has 1 aromatic carbocycles. The number of nitrogens with one attached hydrogen (secondary N) is 2. The Morgan fingerprint density at radius 3 is 2.35 bits per heavy atom. The highest BCUT2D eigenvalue weighted by Crippen LogP contribution is 2.09. The van der Waals surface area contributed by atoms with Crippen LogP contribution in [0.4, 0.5) is 0 Å². The average Bonchev–Trinajstić information content (AvgIpc) is 2.26. The van der Waals surface area contributed by atoms with Gasteiger partial charge in [0.15, 0.2) is 0 Å². The SMILES string of the molecule is CC(C)NC(=O)CNC(=O)c1ccc(O)cc1. The second-order valence-electron chi connectivity index (χ2n) is 3.95.